The van der Waals surface area contributed by atoms with Crippen LogP contribution in [-0.4, -0.2) is 44.3 Å². The Kier molecular flexibility index (Phi) is 7.13. The standard InChI is InChI=1S/C12H26N2O2/c1-9(2)11(10(3)4)13-12(15)16-8-7-14(5)6/h9-11H,7-8H2,1-6H3,(H,13,15). The van der Waals surface area contributed by atoms with E-state index >= 15 is 0 Å². The molecule has 0 bridgehead atoms. The van der Waals surface area contributed by atoms with E-state index in [0.29, 0.717) is 18.4 Å². The predicted octanol–water partition coefficient (Wildman–Crippen LogP) is 1.95. The van der Waals surface area contributed by atoms with E-state index in [1.54, 1.807) is 0 Å². The summed E-state index contributed by atoms with van der Waals surface area (Å²) >= 11 is 0. The quantitative estimate of drug-likeness (QED) is 0.758. The highest BCUT2D eigenvalue weighted by Gasteiger charge is 2.20. The van der Waals surface area contributed by atoms with Crippen LogP contribution >= 0.6 is 0 Å². The van der Waals surface area contributed by atoms with Crippen LogP contribution in [0.1, 0.15) is 27.7 Å². The van der Waals surface area contributed by atoms with Crippen molar-refractivity contribution in [2.24, 2.45) is 11.8 Å². The van der Waals surface area contributed by atoms with Crippen LogP contribution in [0.3, 0.4) is 0 Å². The number of carbonyl (C=O) groups excluding carboxylic acids is 1. The molecule has 1 N–H and O–H groups in total. The third kappa shape index (κ3) is 6.67. The van der Waals surface area contributed by atoms with Gasteiger partial charge in [0.15, 0.2) is 0 Å². The Morgan fingerprint density at radius 3 is 2.06 bits per heavy atom. The summed E-state index contributed by atoms with van der Waals surface area (Å²) in [5.41, 5.74) is 0. The molecule has 0 saturated heterocycles. The second-order valence-corrected chi connectivity index (χ2v) is 5.10. The molecule has 0 atom stereocenters. The number of carbonyl (C=O) groups is 1. The predicted molar refractivity (Wildman–Crippen MR) is 66.5 cm³/mol. The summed E-state index contributed by atoms with van der Waals surface area (Å²) in [6.45, 7) is 9.59. The highest BCUT2D eigenvalue weighted by molar-refractivity contribution is 5.67. The molecule has 0 radical (unpaired) electrons. The molecule has 0 aromatic rings. The SMILES string of the molecule is CC(C)C(NC(=O)OCCN(C)C)C(C)C. The molecule has 0 unspecified atom stereocenters. The summed E-state index contributed by atoms with van der Waals surface area (Å²) < 4.78 is 5.09. The Balaban J connectivity index is 3.92. The van der Waals surface area contributed by atoms with Gasteiger partial charge in [-0.25, -0.2) is 4.79 Å². The summed E-state index contributed by atoms with van der Waals surface area (Å²) in [6.07, 6.45) is -0.311. The first-order valence-electron chi connectivity index (χ1n) is 5.92. The van der Waals surface area contributed by atoms with E-state index in [2.05, 4.69) is 33.0 Å². The molecule has 4 heteroatoms. The third-order valence-corrected chi connectivity index (χ3v) is 2.49. The largest absolute Gasteiger partial charge is 0.448 e. The zero-order valence-electron chi connectivity index (χ0n) is 11.4. The van der Waals surface area contributed by atoms with E-state index in [-0.39, 0.29) is 12.1 Å². The van der Waals surface area contributed by atoms with Crippen molar-refractivity contribution in [3.05, 3.63) is 0 Å². The maximum atomic E-state index is 11.5. The molecule has 16 heavy (non-hydrogen) atoms. The van der Waals surface area contributed by atoms with Gasteiger partial charge in [0.25, 0.3) is 0 Å². The zero-order valence-corrected chi connectivity index (χ0v) is 11.4. The minimum atomic E-state index is -0.311. The van der Waals surface area contributed by atoms with Crippen LogP contribution in [0.5, 0.6) is 0 Å². The van der Waals surface area contributed by atoms with Crippen molar-refractivity contribution in [1.29, 1.82) is 0 Å². The van der Waals surface area contributed by atoms with Crippen LogP contribution in [0.25, 0.3) is 0 Å². The smallest absolute Gasteiger partial charge is 0.407 e. The first kappa shape index (κ1) is 15.2. The number of rotatable bonds is 6. The minimum Gasteiger partial charge on any atom is -0.448 e. The molecule has 0 aromatic carbocycles. The average molecular weight is 230 g/mol. The van der Waals surface area contributed by atoms with Crippen molar-refractivity contribution in [3.63, 3.8) is 0 Å². The fraction of sp³-hybridized carbons (Fsp3) is 0.917. The Morgan fingerprint density at radius 2 is 1.69 bits per heavy atom. The number of likely N-dealkylation sites (N-methyl/N-ethyl adjacent to an activating group) is 1. The third-order valence-electron chi connectivity index (χ3n) is 2.49. The number of alkyl carbamates (subject to hydrolysis) is 1. The van der Waals surface area contributed by atoms with Crippen molar-refractivity contribution in [3.8, 4) is 0 Å². The van der Waals surface area contributed by atoms with Gasteiger partial charge in [0.05, 0.1) is 0 Å². The van der Waals surface area contributed by atoms with Crippen molar-refractivity contribution >= 4 is 6.09 Å². The molecular weight excluding hydrogens is 204 g/mol. The first-order chi connectivity index (χ1) is 7.34. The monoisotopic (exact) mass is 230 g/mol. The number of hydrogen-bond donors (Lipinski definition) is 1. The Labute approximate surface area is 99.3 Å². The molecule has 0 spiro atoms. The molecule has 0 saturated carbocycles. The Bertz CT molecular complexity index is 195. The number of amides is 1. The van der Waals surface area contributed by atoms with E-state index in [9.17, 15) is 4.79 Å². The lowest BCUT2D eigenvalue weighted by molar-refractivity contribution is 0.126. The van der Waals surface area contributed by atoms with Crippen molar-refractivity contribution in [1.82, 2.24) is 10.2 Å². The molecule has 0 aromatic heterocycles. The van der Waals surface area contributed by atoms with Crippen LogP contribution in [0.4, 0.5) is 4.79 Å². The van der Waals surface area contributed by atoms with Gasteiger partial charge in [0.2, 0.25) is 0 Å². The van der Waals surface area contributed by atoms with Gasteiger partial charge in [-0.15, -0.1) is 0 Å². The highest BCUT2D eigenvalue weighted by atomic mass is 16.5. The van der Waals surface area contributed by atoms with E-state index in [0.717, 1.165) is 6.54 Å². The second kappa shape index (κ2) is 7.49. The van der Waals surface area contributed by atoms with Crippen LogP contribution in [-0.2, 0) is 4.74 Å². The van der Waals surface area contributed by atoms with Gasteiger partial charge in [0.1, 0.15) is 6.61 Å². The number of nitrogens with one attached hydrogen (secondary N) is 1. The van der Waals surface area contributed by atoms with Crippen LogP contribution < -0.4 is 5.32 Å². The fourth-order valence-electron chi connectivity index (χ4n) is 1.60. The summed E-state index contributed by atoms with van der Waals surface area (Å²) in [4.78, 5) is 13.5. The summed E-state index contributed by atoms with van der Waals surface area (Å²) in [5, 5.41) is 2.91. The fourth-order valence-corrected chi connectivity index (χ4v) is 1.60. The lowest BCUT2D eigenvalue weighted by Gasteiger charge is -2.25. The van der Waals surface area contributed by atoms with Crippen molar-refractivity contribution in [2.45, 2.75) is 33.7 Å². The molecule has 0 heterocycles. The van der Waals surface area contributed by atoms with Gasteiger partial charge in [-0.1, -0.05) is 27.7 Å². The van der Waals surface area contributed by atoms with Gasteiger partial charge in [-0.3, -0.25) is 0 Å². The molecule has 1 amide bonds. The van der Waals surface area contributed by atoms with Crippen molar-refractivity contribution < 1.29 is 9.53 Å². The normalized spacial score (nSPS) is 11.6. The molecule has 96 valence electrons. The minimum absolute atomic E-state index is 0.173. The van der Waals surface area contributed by atoms with E-state index < -0.39 is 0 Å². The molecule has 0 aliphatic carbocycles. The molecule has 0 rings (SSSR count). The van der Waals surface area contributed by atoms with Crippen LogP contribution in [0.15, 0.2) is 0 Å². The van der Waals surface area contributed by atoms with Gasteiger partial charge in [-0.2, -0.15) is 0 Å². The van der Waals surface area contributed by atoms with Crippen molar-refractivity contribution in [2.75, 3.05) is 27.2 Å². The van der Waals surface area contributed by atoms with Gasteiger partial charge in [-0.05, 0) is 25.9 Å². The van der Waals surface area contributed by atoms with E-state index in [1.165, 1.54) is 0 Å². The van der Waals surface area contributed by atoms with Crippen LogP contribution in [0, 0.1) is 11.8 Å². The van der Waals surface area contributed by atoms with Gasteiger partial charge < -0.3 is 15.0 Å². The summed E-state index contributed by atoms with van der Waals surface area (Å²) in [5.74, 6) is 0.836. The Hall–Kier alpha value is -0.770. The lowest BCUT2D eigenvalue weighted by atomic mass is 9.93. The van der Waals surface area contributed by atoms with E-state index in [4.69, 9.17) is 4.74 Å². The number of nitrogens with zero attached hydrogens (tertiary/aromatic N) is 1. The molecule has 4 nitrogen and oxygen atoms in total. The average Bonchev–Trinajstić information content (AvgIpc) is 2.12. The van der Waals surface area contributed by atoms with Gasteiger partial charge >= 0.3 is 6.09 Å². The topological polar surface area (TPSA) is 41.6 Å². The summed E-state index contributed by atoms with van der Waals surface area (Å²) in [7, 11) is 3.90. The second-order valence-electron chi connectivity index (χ2n) is 5.10. The molecule has 0 fully saturated rings. The Morgan fingerprint density at radius 1 is 1.19 bits per heavy atom. The number of ether oxygens (including phenoxy) is 1. The summed E-state index contributed by atoms with van der Waals surface area (Å²) in [6, 6.07) is 0.173. The lowest BCUT2D eigenvalue weighted by Crippen LogP contribution is -2.42. The first-order valence-corrected chi connectivity index (χ1v) is 5.92. The number of hydrogen-bond acceptors (Lipinski definition) is 3. The maximum Gasteiger partial charge on any atom is 0.407 e. The maximum absolute atomic E-state index is 11.5. The molecular formula is C12H26N2O2. The zero-order chi connectivity index (χ0) is 12.7. The van der Waals surface area contributed by atoms with E-state index in [1.807, 2.05) is 19.0 Å². The van der Waals surface area contributed by atoms with Gasteiger partial charge in [0, 0.05) is 12.6 Å². The molecule has 0 aliphatic heterocycles. The highest BCUT2D eigenvalue weighted by Crippen LogP contribution is 2.11. The van der Waals surface area contributed by atoms with Crippen LogP contribution in [0.2, 0.25) is 0 Å². The molecule has 0 aliphatic rings.